The first-order valence-electron chi connectivity index (χ1n) is 3.50. The monoisotopic (exact) mass is 131 g/mol. The molecule has 1 rings (SSSR count). The summed E-state index contributed by atoms with van der Waals surface area (Å²) in [5.74, 6) is 0.310. The van der Waals surface area contributed by atoms with Crippen LogP contribution in [0.2, 0.25) is 0 Å². The minimum atomic E-state index is -0.144. The Labute approximate surface area is 55.8 Å². The Hall–Kier alpha value is -0.110. The van der Waals surface area contributed by atoms with Crippen molar-refractivity contribution in [1.29, 1.82) is 0 Å². The molecule has 0 aromatic rings. The topological polar surface area (TPSA) is 3.24 Å². The molecule has 0 aromatic heterocycles. The molecule has 0 amide bonds. The maximum Gasteiger partial charge on any atom is 0.0935 e. The van der Waals surface area contributed by atoms with Gasteiger partial charge < -0.3 is 4.90 Å². The van der Waals surface area contributed by atoms with Crippen molar-refractivity contribution in [2.75, 3.05) is 20.3 Å². The van der Waals surface area contributed by atoms with Gasteiger partial charge in [0.05, 0.1) is 6.67 Å². The molecule has 2 heteroatoms. The van der Waals surface area contributed by atoms with Crippen LogP contribution >= 0.6 is 0 Å². The average molecular weight is 131 g/mol. The van der Waals surface area contributed by atoms with Crippen molar-refractivity contribution in [2.45, 2.75) is 19.4 Å². The highest BCUT2D eigenvalue weighted by Crippen LogP contribution is 2.20. The SMILES string of the molecule is CC1C[C@H](CF)CN1C. The van der Waals surface area contributed by atoms with E-state index in [2.05, 4.69) is 18.9 Å². The number of hydrogen-bond acceptors (Lipinski definition) is 1. The fourth-order valence-electron chi connectivity index (χ4n) is 1.44. The zero-order chi connectivity index (χ0) is 6.85. The predicted molar refractivity (Wildman–Crippen MR) is 36.2 cm³/mol. The zero-order valence-electron chi connectivity index (χ0n) is 6.10. The van der Waals surface area contributed by atoms with Crippen molar-refractivity contribution >= 4 is 0 Å². The molecule has 0 radical (unpaired) electrons. The number of nitrogens with zero attached hydrogens (tertiary/aromatic N) is 1. The lowest BCUT2D eigenvalue weighted by Gasteiger charge is -2.12. The van der Waals surface area contributed by atoms with E-state index < -0.39 is 0 Å². The summed E-state index contributed by atoms with van der Waals surface area (Å²) >= 11 is 0. The van der Waals surface area contributed by atoms with Crippen molar-refractivity contribution in [3.63, 3.8) is 0 Å². The van der Waals surface area contributed by atoms with E-state index in [4.69, 9.17) is 0 Å². The Balaban J connectivity index is 2.35. The minimum absolute atomic E-state index is 0.144. The van der Waals surface area contributed by atoms with Crippen molar-refractivity contribution in [1.82, 2.24) is 4.90 Å². The largest absolute Gasteiger partial charge is 0.303 e. The van der Waals surface area contributed by atoms with Crippen LogP contribution in [0.1, 0.15) is 13.3 Å². The molecule has 1 aliphatic heterocycles. The standard InChI is InChI=1S/C7H14FN/c1-6-3-7(4-8)5-9(6)2/h6-7H,3-5H2,1-2H3/t6?,7-/m1/s1. The zero-order valence-corrected chi connectivity index (χ0v) is 6.10. The summed E-state index contributed by atoms with van der Waals surface area (Å²) in [6.45, 7) is 2.95. The van der Waals surface area contributed by atoms with Crippen LogP contribution in [0.5, 0.6) is 0 Å². The molecule has 0 spiro atoms. The number of rotatable bonds is 1. The van der Waals surface area contributed by atoms with E-state index in [1.54, 1.807) is 0 Å². The lowest BCUT2D eigenvalue weighted by atomic mass is 10.1. The number of likely N-dealkylation sites (tertiary alicyclic amines) is 1. The van der Waals surface area contributed by atoms with Crippen molar-refractivity contribution in [2.24, 2.45) is 5.92 Å². The second kappa shape index (κ2) is 2.65. The summed E-state index contributed by atoms with van der Waals surface area (Å²) in [6, 6.07) is 0.589. The summed E-state index contributed by atoms with van der Waals surface area (Å²) < 4.78 is 12.0. The number of alkyl halides is 1. The average Bonchev–Trinajstić information content (AvgIpc) is 2.13. The van der Waals surface area contributed by atoms with Crippen LogP contribution in [0.3, 0.4) is 0 Å². The van der Waals surface area contributed by atoms with Crippen LogP contribution in [0.15, 0.2) is 0 Å². The van der Waals surface area contributed by atoms with Gasteiger partial charge in [-0.25, -0.2) is 0 Å². The van der Waals surface area contributed by atoms with Gasteiger partial charge in [0.2, 0.25) is 0 Å². The molecule has 0 aromatic carbocycles. The second-order valence-corrected chi connectivity index (χ2v) is 3.04. The highest BCUT2D eigenvalue weighted by molar-refractivity contribution is 4.79. The van der Waals surface area contributed by atoms with Crippen molar-refractivity contribution < 1.29 is 4.39 Å². The third-order valence-electron chi connectivity index (χ3n) is 2.19. The third-order valence-corrected chi connectivity index (χ3v) is 2.19. The Kier molecular flexibility index (Phi) is 2.06. The van der Waals surface area contributed by atoms with Crippen molar-refractivity contribution in [3.05, 3.63) is 0 Å². The normalized spacial score (nSPS) is 37.7. The minimum Gasteiger partial charge on any atom is -0.303 e. The van der Waals surface area contributed by atoms with Crippen LogP contribution in [0, 0.1) is 5.92 Å². The van der Waals surface area contributed by atoms with E-state index in [-0.39, 0.29) is 6.67 Å². The Morgan fingerprint density at radius 2 is 2.33 bits per heavy atom. The van der Waals surface area contributed by atoms with Gasteiger partial charge in [0.25, 0.3) is 0 Å². The molecule has 1 aliphatic rings. The molecule has 0 saturated carbocycles. The molecular weight excluding hydrogens is 117 g/mol. The smallest absolute Gasteiger partial charge is 0.0935 e. The highest BCUT2D eigenvalue weighted by Gasteiger charge is 2.25. The first-order chi connectivity index (χ1) is 4.24. The highest BCUT2D eigenvalue weighted by atomic mass is 19.1. The molecule has 0 aliphatic carbocycles. The third kappa shape index (κ3) is 1.42. The molecular formula is C7H14FN. The Bertz CT molecular complexity index is 84.9. The lowest BCUT2D eigenvalue weighted by molar-refractivity contribution is 0.314. The Morgan fingerprint density at radius 3 is 2.56 bits per heavy atom. The first kappa shape index (κ1) is 7.00. The molecule has 1 unspecified atom stereocenters. The van der Waals surface area contributed by atoms with Crippen LogP contribution in [0.4, 0.5) is 4.39 Å². The molecule has 1 heterocycles. The summed E-state index contributed by atoms with van der Waals surface area (Å²) in [5, 5.41) is 0. The van der Waals surface area contributed by atoms with Crippen LogP contribution in [0.25, 0.3) is 0 Å². The van der Waals surface area contributed by atoms with E-state index >= 15 is 0 Å². The van der Waals surface area contributed by atoms with Crippen LogP contribution < -0.4 is 0 Å². The second-order valence-electron chi connectivity index (χ2n) is 3.04. The van der Waals surface area contributed by atoms with Gasteiger partial charge in [-0.1, -0.05) is 0 Å². The molecule has 0 bridgehead atoms. The van der Waals surface area contributed by atoms with Crippen molar-refractivity contribution in [3.8, 4) is 0 Å². The van der Waals surface area contributed by atoms with Gasteiger partial charge >= 0.3 is 0 Å². The van der Waals surface area contributed by atoms with Crippen LogP contribution in [-0.4, -0.2) is 31.2 Å². The maximum atomic E-state index is 12.0. The van der Waals surface area contributed by atoms with E-state index in [0.29, 0.717) is 12.0 Å². The molecule has 1 nitrogen and oxygen atoms in total. The van der Waals surface area contributed by atoms with Gasteiger partial charge in [0, 0.05) is 18.5 Å². The van der Waals surface area contributed by atoms with E-state index in [0.717, 1.165) is 13.0 Å². The molecule has 1 fully saturated rings. The number of halogens is 1. The molecule has 0 N–H and O–H groups in total. The first-order valence-corrected chi connectivity index (χ1v) is 3.50. The molecule has 2 atom stereocenters. The maximum absolute atomic E-state index is 12.0. The van der Waals surface area contributed by atoms with Crippen LogP contribution in [-0.2, 0) is 0 Å². The predicted octanol–water partition coefficient (Wildman–Crippen LogP) is 1.30. The molecule has 9 heavy (non-hydrogen) atoms. The molecule has 1 saturated heterocycles. The fraction of sp³-hybridized carbons (Fsp3) is 1.00. The van der Waals surface area contributed by atoms with Gasteiger partial charge in [0.1, 0.15) is 0 Å². The summed E-state index contributed by atoms with van der Waals surface area (Å²) in [4.78, 5) is 2.21. The quantitative estimate of drug-likeness (QED) is 0.518. The number of hydrogen-bond donors (Lipinski definition) is 0. The van der Waals surface area contributed by atoms with Gasteiger partial charge in [-0.15, -0.1) is 0 Å². The van der Waals surface area contributed by atoms with E-state index in [9.17, 15) is 4.39 Å². The summed E-state index contributed by atoms with van der Waals surface area (Å²) in [6.07, 6.45) is 1.03. The van der Waals surface area contributed by atoms with Gasteiger partial charge in [-0.05, 0) is 20.4 Å². The molecule has 54 valence electrons. The van der Waals surface area contributed by atoms with E-state index in [1.165, 1.54) is 0 Å². The van der Waals surface area contributed by atoms with E-state index in [1.807, 2.05) is 0 Å². The van der Waals surface area contributed by atoms with Gasteiger partial charge in [0.15, 0.2) is 0 Å². The summed E-state index contributed by atoms with van der Waals surface area (Å²) in [5.41, 5.74) is 0. The fourth-order valence-corrected chi connectivity index (χ4v) is 1.44. The van der Waals surface area contributed by atoms with Gasteiger partial charge in [-0.3, -0.25) is 4.39 Å². The van der Waals surface area contributed by atoms with Gasteiger partial charge in [-0.2, -0.15) is 0 Å². The summed E-state index contributed by atoms with van der Waals surface area (Å²) in [7, 11) is 2.06. The Morgan fingerprint density at radius 1 is 1.67 bits per heavy atom. The lowest BCUT2D eigenvalue weighted by Crippen LogP contribution is -2.21.